The smallest absolute Gasteiger partial charge is 0.226 e. The van der Waals surface area contributed by atoms with Gasteiger partial charge >= 0.3 is 0 Å². The van der Waals surface area contributed by atoms with Crippen LogP contribution in [0.3, 0.4) is 0 Å². The highest BCUT2D eigenvalue weighted by Gasteiger charge is 2.17. The number of hydrogen-bond acceptors (Lipinski definition) is 2. The number of benzene rings is 2. The van der Waals surface area contributed by atoms with Crippen LogP contribution in [-0.4, -0.2) is 18.4 Å². The number of carbonyl (C=O) groups is 2. The van der Waals surface area contributed by atoms with Crippen LogP contribution in [0.5, 0.6) is 0 Å². The molecule has 1 N–H and O–H groups in total. The number of carbonyl (C=O) groups excluding carboxylic acids is 2. The fourth-order valence-corrected chi connectivity index (χ4v) is 3.23. The first kappa shape index (κ1) is 20.7. The summed E-state index contributed by atoms with van der Waals surface area (Å²) in [4.78, 5) is 26.5. The van der Waals surface area contributed by atoms with Crippen molar-refractivity contribution in [2.75, 3.05) is 16.8 Å². The lowest BCUT2D eigenvalue weighted by atomic mass is 9.98. The van der Waals surface area contributed by atoms with Gasteiger partial charge in [-0.05, 0) is 55.0 Å². The predicted molar refractivity (Wildman–Crippen MR) is 112 cm³/mol. The number of amides is 2. The highest BCUT2D eigenvalue weighted by atomic mass is 16.2. The molecule has 0 aliphatic carbocycles. The third-order valence-corrected chi connectivity index (χ3v) is 5.00. The summed E-state index contributed by atoms with van der Waals surface area (Å²) in [6, 6.07) is 12.0. The van der Waals surface area contributed by atoms with E-state index in [4.69, 9.17) is 0 Å². The number of rotatable bonds is 6. The third-order valence-electron chi connectivity index (χ3n) is 5.00. The van der Waals surface area contributed by atoms with E-state index in [0.29, 0.717) is 12.5 Å². The van der Waals surface area contributed by atoms with E-state index in [-0.39, 0.29) is 18.2 Å². The van der Waals surface area contributed by atoms with Crippen molar-refractivity contribution in [3.05, 3.63) is 58.7 Å². The van der Waals surface area contributed by atoms with Gasteiger partial charge in [0.2, 0.25) is 11.8 Å². The molecule has 0 atom stereocenters. The van der Waals surface area contributed by atoms with Gasteiger partial charge in [-0.15, -0.1) is 0 Å². The standard InChI is InChI=1S/C23H30N2O2/c1-15(2)20-11-7-10-17(4)23(20)24-22(27)13-14-25(19(6)26)21-12-8-9-16(3)18(21)5/h7-12,15H,13-14H2,1-6H3,(H,24,27). The van der Waals surface area contributed by atoms with E-state index in [2.05, 4.69) is 19.2 Å². The molecule has 0 fully saturated rings. The molecule has 2 aromatic carbocycles. The van der Waals surface area contributed by atoms with Crippen LogP contribution in [0, 0.1) is 20.8 Å². The van der Waals surface area contributed by atoms with Crippen molar-refractivity contribution in [2.45, 2.75) is 53.9 Å². The van der Waals surface area contributed by atoms with Crippen LogP contribution in [0.15, 0.2) is 36.4 Å². The van der Waals surface area contributed by atoms with Gasteiger partial charge in [0.25, 0.3) is 0 Å². The molecule has 2 aromatic rings. The maximum absolute atomic E-state index is 12.6. The summed E-state index contributed by atoms with van der Waals surface area (Å²) in [6.07, 6.45) is 0.249. The zero-order valence-electron chi connectivity index (χ0n) is 17.2. The minimum absolute atomic E-state index is 0.0599. The van der Waals surface area contributed by atoms with Crippen molar-refractivity contribution in [3.8, 4) is 0 Å². The predicted octanol–water partition coefficient (Wildman–Crippen LogP) is 5.12. The first-order chi connectivity index (χ1) is 12.7. The van der Waals surface area contributed by atoms with Crippen LogP contribution in [0.2, 0.25) is 0 Å². The zero-order valence-corrected chi connectivity index (χ0v) is 17.2. The van der Waals surface area contributed by atoms with Crippen molar-refractivity contribution in [1.29, 1.82) is 0 Å². The molecule has 0 aromatic heterocycles. The number of nitrogens with one attached hydrogen (secondary N) is 1. The van der Waals surface area contributed by atoms with Crippen LogP contribution in [0.25, 0.3) is 0 Å². The molecule has 0 aliphatic heterocycles. The summed E-state index contributed by atoms with van der Waals surface area (Å²) < 4.78 is 0. The van der Waals surface area contributed by atoms with Crippen LogP contribution in [0.1, 0.15) is 55.4 Å². The average Bonchev–Trinajstić information content (AvgIpc) is 2.59. The molecule has 4 nitrogen and oxygen atoms in total. The molecule has 2 amide bonds. The second-order valence-electron chi connectivity index (χ2n) is 7.38. The lowest BCUT2D eigenvalue weighted by molar-refractivity contribution is -0.117. The van der Waals surface area contributed by atoms with Gasteiger partial charge in [0.1, 0.15) is 0 Å². The van der Waals surface area contributed by atoms with E-state index in [1.807, 2.05) is 57.2 Å². The summed E-state index contributed by atoms with van der Waals surface area (Å²) >= 11 is 0. The summed E-state index contributed by atoms with van der Waals surface area (Å²) in [5.41, 5.74) is 6.13. The average molecular weight is 367 g/mol. The molecule has 2 rings (SSSR count). The molecular weight excluding hydrogens is 336 g/mol. The summed E-state index contributed by atoms with van der Waals surface area (Å²) in [5.74, 6) is 0.182. The van der Waals surface area contributed by atoms with E-state index in [1.165, 1.54) is 6.92 Å². The second kappa shape index (κ2) is 8.85. The van der Waals surface area contributed by atoms with Crippen molar-refractivity contribution in [2.24, 2.45) is 0 Å². The van der Waals surface area contributed by atoms with Gasteiger partial charge in [0.15, 0.2) is 0 Å². The monoisotopic (exact) mass is 366 g/mol. The molecule has 27 heavy (non-hydrogen) atoms. The Balaban J connectivity index is 2.14. The lowest BCUT2D eigenvalue weighted by Gasteiger charge is -2.24. The Kier molecular flexibility index (Phi) is 6.78. The summed E-state index contributed by atoms with van der Waals surface area (Å²) in [6.45, 7) is 12.1. The van der Waals surface area contributed by atoms with Crippen molar-refractivity contribution < 1.29 is 9.59 Å². The minimum Gasteiger partial charge on any atom is -0.326 e. The molecule has 0 radical (unpaired) electrons. The SMILES string of the molecule is CC(=O)N(CCC(=O)Nc1c(C)cccc1C(C)C)c1cccc(C)c1C. The highest BCUT2D eigenvalue weighted by molar-refractivity contribution is 5.96. The fourth-order valence-electron chi connectivity index (χ4n) is 3.23. The van der Waals surface area contributed by atoms with Gasteiger partial charge < -0.3 is 10.2 Å². The number of anilines is 2. The lowest BCUT2D eigenvalue weighted by Crippen LogP contribution is -2.32. The van der Waals surface area contributed by atoms with Gasteiger partial charge in [-0.25, -0.2) is 0 Å². The number of para-hydroxylation sites is 1. The van der Waals surface area contributed by atoms with Crippen LogP contribution < -0.4 is 10.2 Å². The quantitative estimate of drug-likeness (QED) is 0.771. The Bertz CT molecular complexity index is 840. The fraction of sp³-hybridized carbons (Fsp3) is 0.391. The summed E-state index contributed by atoms with van der Waals surface area (Å²) in [7, 11) is 0. The van der Waals surface area contributed by atoms with Crippen LogP contribution in [-0.2, 0) is 9.59 Å². The highest BCUT2D eigenvalue weighted by Crippen LogP contribution is 2.28. The minimum atomic E-state index is -0.0808. The Morgan fingerprint density at radius 1 is 1.00 bits per heavy atom. The molecule has 0 saturated carbocycles. The Hall–Kier alpha value is -2.62. The molecule has 144 valence electrons. The second-order valence-corrected chi connectivity index (χ2v) is 7.38. The van der Waals surface area contributed by atoms with Crippen molar-refractivity contribution >= 4 is 23.2 Å². The Morgan fingerprint density at radius 3 is 2.26 bits per heavy atom. The van der Waals surface area contributed by atoms with Gasteiger partial charge in [0.05, 0.1) is 0 Å². The largest absolute Gasteiger partial charge is 0.326 e. The topological polar surface area (TPSA) is 49.4 Å². The molecule has 0 spiro atoms. The van der Waals surface area contributed by atoms with E-state index in [9.17, 15) is 9.59 Å². The first-order valence-corrected chi connectivity index (χ1v) is 9.46. The van der Waals surface area contributed by atoms with E-state index in [1.54, 1.807) is 4.90 Å². The van der Waals surface area contributed by atoms with Crippen molar-refractivity contribution in [1.82, 2.24) is 0 Å². The molecule has 0 saturated heterocycles. The van der Waals surface area contributed by atoms with Gasteiger partial charge in [-0.1, -0.05) is 44.2 Å². The van der Waals surface area contributed by atoms with Gasteiger partial charge in [-0.3, -0.25) is 9.59 Å². The number of aryl methyl sites for hydroxylation is 2. The van der Waals surface area contributed by atoms with Gasteiger partial charge in [-0.2, -0.15) is 0 Å². The summed E-state index contributed by atoms with van der Waals surface area (Å²) in [5, 5.41) is 3.05. The van der Waals surface area contributed by atoms with E-state index < -0.39 is 0 Å². The molecule has 0 bridgehead atoms. The van der Waals surface area contributed by atoms with Gasteiger partial charge in [0, 0.05) is 31.3 Å². The maximum atomic E-state index is 12.6. The van der Waals surface area contributed by atoms with E-state index in [0.717, 1.165) is 33.6 Å². The molecule has 0 aliphatic rings. The number of hydrogen-bond donors (Lipinski definition) is 1. The molecule has 0 unspecified atom stereocenters. The molecular formula is C23H30N2O2. The maximum Gasteiger partial charge on any atom is 0.226 e. The normalized spacial score (nSPS) is 10.8. The van der Waals surface area contributed by atoms with Crippen molar-refractivity contribution in [3.63, 3.8) is 0 Å². The Labute approximate surface area is 162 Å². The Morgan fingerprint density at radius 2 is 1.63 bits per heavy atom. The molecule has 0 heterocycles. The number of nitrogens with zero attached hydrogens (tertiary/aromatic N) is 1. The third kappa shape index (κ3) is 4.97. The molecule has 4 heteroatoms. The van der Waals surface area contributed by atoms with Crippen LogP contribution in [0.4, 0.5) is 11.4 Å². The van der Waals surface area contributed by atoms with E-state index >= 15 is 0 Å². The van der Waals surface area contributed by atoms with Crippen LogP contribution >= 0.6 is 0 Å². The first-order valence-electron chi connectivity index (χ1n) is 9.46. The zero-order chi connectivity index (χ0) is 20.1.